The molecular formula is C13H19NO8. The monoisotopic (exact) mass is 317 g/mol. The molecule has 2 amide bonds. The summed E-state index contributed by atoms with van der Waals surface area (Å²) in [6.45, 7) is 0.831. The quantitative estimate of drug-likeness (QED) is 0.304. The van der Waals surface area contributed by atoms with Crippen LogP contribution in [0.15, 0.2) is 0 Å². The summed E-state index contributed by atoms with van der Waals surface area (Å²) in [5.74, 6) is -2.10. The first-order valence-electron chi connectivity index (χ1n) is 6.83. The number of methoxy groups -OCH3 is 1. The Morgan fingerprint density at radius 2 is 1.41 bits per heavy atom. The fraction of sp³-hybridized carbons (Fsp3) is 0.692. The zero-order valence-electron chi connectivity index (χ0n) is 12.4. The standard InChI is InChI=1S/C13H19NO8/c1-19-12(17)4-6-20-8-9-21-7-5-13(18)22-14-10(15)2-3-11(14)16/h2-9H2,1H3. The van der Waals surface area contributed by atoms with Crippen LogP contribution in [-0.4, -0.2) is 62.4 Å². The molecule has 0 aromatic carbocycles. The number of ether oxygens (including phenoxy) is 3. The minimum Gasteiger partial charge on any atom is -0.469 e. The second-order valence-electron chi connectivity index (χ2n) is 4.35. The van der Waals surface area contributed by atoms with Crippen molar-refractivity contribution in [3.8, 4) is 0 Å². The van der Waals surface area contributed by atoms with E-state index in [1.165, 1.54) is 7.11 Å². The largest absolute Gasteiger partial charge is 0.469 e. The molecule has 0 N–H and O–H groups in total. The second kappa shape index (κ2) is 9.85. The number of hydrogen-bond donors (Lipinski definition) is 0. The van der Waals surface area contributed by atoms with Gasteiger partial charge in [-0.25, -0.2) is 4.79 Å². The van der Waals surface area contributed by atoms with Crippen molar-refractivity contribution in [1.29, 1.82) is 0 Å². The van der Waals surface area contributed by atoms with E-state index in [1.807, 2.05) is 0 Å². The lowest BCUT2D eigenvalue weighted by atomic mass is 10.4. The number of nitrogens with zero attached hydrogens (tertiary/aromatic N) is 1. The lowest BCUT2D eigenvalue weighted by Crippen LogP contribution is -2.32. The van der Waals surface area contributed by atoms with Gasteiger partial charge in [-0.1, -0.05) is 0 Å². The Hall–Kier alpha value is -2.00. The van der Waals surface area contributed by atoms with Crippen LogP contribution in [0, 0.1) is 0 Å². The highest BCUT2D eigenvalue weighted by atomic mass is 16.7. The molecule has 0 saturated carbocycles. The van der Waals surface area contributed by atoms with Gasteiger partial charge in [0.05, 0.1) is 46.4 Å². The van der Waals surface area contributed by atoms with Gasteiger partial charge in [-0.3, -0.25) is 14.4 Å². The topological polar surface area (TPSA) is 108 Å². The van der Waals surface area contributed by atoms with Crippen molar-refractivity contribution in [3.63, 3.8) is 0 Å². The molecule has 22 heavy (non-hydrogen) atoms. The third-order valence-electron chi connectivity index (χ3n) is 2.70. The average Bonchev–Trinajstić information content (AvgIpc) is 2.81. The summed E-state index contributed by atoms with van der Waals surface area (Å²) < 4.78 is 14.7. The lowest BCUT2D eigenvalue weighted by molar-refractivity contribution is -0.198. The Morgan fingerprint density at radius 1 is 0.909 bits per heavy atom. The van der Waals surface area contributed by atoms with Gasteiger partial charge in [-0.2, -0.15) is 0 Å². The molecule has 0 aromatic rings. The molecule has 1 aliphatic heterocycles. The van der Waals surface area contributed by atoms with Crippen molar-refractivity contribution in [2.45, 2.75) is 25.7 Å². The lowest BCUT2D eigenvalue weighted by Gasteiger charge is -2.12. The van der Waals surface area contributed by atoms with Crippen molar-refractivity contribution < 1.29 is 38.2 Å². The van der Waals surface area contributed by atoms with Gasteiger partial charge < -0.3 is 19.0 Å². The molecule has 124 valence electrons. The zero-order valence-corrected chi connectivity index (χ0v) is 12.4. The van der Waals surface area contributed by atoms with Crippen molar-refractivity contribution in [1.82, 2.24) is 5.06 Å². The molecule has 1 fully saturated rings. The second-order valence-corrected chi connectivity index (χ2v) is 4.35. The minimum atomic E-state index is -0.713. The molecule has 0 unspecified atom stereocenters. The molecule has 0 aromatic heterocycles. The highest BCUT2D eigenvalue weighted by Crippen LogP contribution is 2.12. The first kappa shape index (κ1) is 18.1. The zero-order chi connectivity index (χ0) is 16.4. The number of esters is 1. The maximum atomic E-state index is 11.4. The first-order valence-corrected chi connectivity index (χ1v) is 6.83. The Kier molecular flexibility index (Phi) is 8.08. The number of imide groups is 1. The van der Waals surface area contributed by atoms with Crippen LogP contribution in [0.5, 0.6) is 0 Å². The van der Waals surface area contributed by atoms with E-state index in [9.17, 15) is 19.2 Å². The Bertz CT molecular complexity index is 406. The fourth-order valence-electron chi connectivity index (χ4n) is 1.54. The van der Waals surface area contributed by atoms with Gasteiger partial charge in [0.2, 0.25) is 0 Å². The summed E-state index contributed by atoms with van der Waals surface area (Å²) in [5.41, 5.74) is 0. The van der Waals surface area contributed by atoms with Crippen LogP contribution >= 0.6 is 0 Å². The molecule has 0 radical (unpaired) electrons. The molecule has 1 aliphatic rings. The van der Waals surface area contributed by atoms with E-state index >= 15 is 0 Å². The van der Waals surface area contributed by atoms with Crippen LogP contribution in [0.3, 0.4) is 0 Å². The van der Waals surface area contributed by atoms with Crippen LogP contribution in [-0.2, 0) is 38.2 Å². The van der Waals surface area contributed by atoms with Gasteiger partial charge in [0, 0.05) is 12.8 Å². The van der Waals surface area contributed by atoms with Gasteiger partial charge in [-0.15, -0.1) is 5.06 Å². The van der Waals surface area contributed by atoms with Crippen molar-refractivity contribution in [2.75, 3.05) is 33.5 Å². The smallest absolute Gasteiger partial charge is 0.335 e. The van der Waals surface area contributed by atoms with Crippen LogP contribution < -0.4 is 0 Å². The number of hydrogen-bond acceptors (Lipinski definition) is 8. The van der Waals surface area contributed by atoms with Crippen molar-refractivity contribution >= 4 is 23.8 Å². The number of amides is 2. The van der Waals surface area contributed by atoms with E-state index in [0.717, 1.165) is 0 Å². The summed E-state index contributed by atoms with van der Waals surface area (Å²) in [4.78, 5) is 49.3. The van der Waals surface area contributed by atoms with Crippen LogP contribution in [0.4, 0.5) is 0 Å². The SMILES string of the molecule is COC(=O)CCOCCOCCC(=O)ON1C(=O)CCC1=O. The van der Waals surface area contributed by atoms with E-state index < -0.39 is 17.8 Å². The average molecular weight is 317 g/mol. The Balaban J connectivity index is 1.98. The third kappa shape index (κ3) is 6.64. The summed E-state index contributed by atoms with van der Waals surface area (Å²) in [6.07, 6.45) is 0.205. The van der Waals surface area contributed by atoms with E-state index in [4.69, 9.17) is 9.47 Å². The highest BCUT2D eigenvalue weighted by molar-refractivity contribution is 6.01. The van der Waals surface area contributed by atoms with E-state index in [1.54, 1.807) is 0 Å². The molecule has 0 spiro atoms. The van der Waals surface area contributed by atoms with Gasteiger partial charge in [0.25, 0.3) is 11.8 Å². The minimum absolute atomic E-state index is 0.0610. The molecule has 1 rings (SSSR count). The summed E-state index contributed by atoms with van der Waals surface area (Å²) in [7, 11) is 1.30. The predicted octanol–water partition coefficient (Wildman–Crippen LogP) is -0.420. The Labute approximate surface area is 127 Å². The molecule has 0 aliphatic carbocycles. The fourth-order valence-corrected chi connectivity index (χ4v) is 1.54. The molecule has 0 bridgehead atoms. The normalized spacial score (nSPS) is 14.3. The summed E-state index contributed by atoms with van der Waals surface area (Å²) in [6, 6.07) is 0. The number of hydroxylamine groups is 2. The number of carbonyl (C=O) groups is 4. The predicted molar refractivity (Wildman–Crippen MR) is 70.1 cm³/mol. The highest BCUT2D eigenvalue weighted by Gasteiger charge is 2.32. The van der Waals surface area contributed by atoms with E-state index in [-0.39, 0.29) is 58.1 Å². The molecular weight excluding hydrogens is 298 g/mol. The van der Waals surface area contributed by atoms with Gasteiger partial charge >= 0.3 is 11.9 Å². The van der Waals surface area contributed by atoms with Gasteiger partial charge in [-0.05, 0) is 0 Å². The van der Waals surface area contributed by atoms with E-state index in [2.05, 4.69) is 9.57 Å². The molecule has 1 saturated heterocycles. The molecule has 1 heterocycles. The number of rotatable bonds is 10. The van der Waals surface area contributed by atoms with Crippen molar-refractivity contribution in [3.05, 3.63) is 0 Å². The molecule has 0 atom stereocenters. The first-order chi connectivity index (χ1) is 10.5. The summed E-state index contributed by atoms with van der Waals surface area (Å²) >= 11 is 0. The van der Waals surface area contributed by atoms with E-state index in [0.29, 0.717) is 5.06 Å². The van der Waals surface area contributed by atoms with Gasteiger partial charge in [0.15, 0.2) is 0 Å². The van der Waals surface area contributed by atoms with Crippen LogP contribution in [0.2, 0.25) is 0 Å². The third-order valence-corrected chi connectivity index (χ3v) is 2.70. The van der Waals surface area contributed by atoms with Crippen LogP contribution in [0.1, 0.15) is 25.7 Å². The van der Waals surface area contributed by atoms with Gasteiger partial charge in [0.1, 0.15) is 0 Å². The molecule has 9 nitrogen and oxygen atoms in total. The van der Waals surface area contributed by atoms with Crippen LogP contribution in [0.25, 0.3) is 0 Å². The van der Waals surface area contributed by atoms with Crippen molar-refractivity contribution in [2.24, 2.45) is 0 Å². The summed E-state index contributed by atoms with van der Waals surface area (Å²) in [5, 5.41) is 0.498. The maximum absolute atomic E-state index is 11.4. The Morgan fingerprint density at radius 3 is 1.91 bits per heavy atom. The maximum Gasteiger partial charge on any atom is 0.335 e. The number of carbonyl (C=O) groups excluding carboxylic acids is 4. The molecule has 9 heteroatoms.